The summed E-state index contributed by atoms with van der Waals surface area (Å²) in [5.74, 6) is 1.52. The van der Waals surface area contributed by atoms with Crippen LogP contribution in [0.5, 0.6) is 11.6 Å². The summed E-state index contributed by atoms with van der Waals surface area (Å²) in [5.41, 5.74) is 6.93. The highest BCUT2D eigenvalue weighted by molar-refractivity contribution is 5.87. The maximum absolute atomic E-state index is 5.96. The normalized spacial score (nSPS) is 19.7. The summed E-state index contributed by atoms with van der Waals surface area (Å²) in [7, 11) is 0. The van der Waals surface area contributed by atoms with Crippen molar-refractivity contribution >= 4 is 10.8 Å². The zero-order valence-electron chi connectivity index (χ0n) is 13.4. The standard InChI is InChI=1S/C20H20N2O2/c21-16-11-18(12-16)24-17-6-7-19-15(10-17)8-9-22-20(19)23-13-14-4-2-1-3-5-14/h1-10,16,18H,11-13,21H2. The summed E-state index contributed by atoms with van der Waals surface area (Å²) in [5, 5.41) is 2.06. The number of benzene rings is 2. The highest BCUT2D eigenvalue weighted by Crippen LogP contribution is 2.30. The predicted octanol–water partition coefficient (Wildman–Crippen LogP) is 3.68. The first-order valence-corrected chi connectivity index (χ1v) is 8.26. The quantitative estimate of drug-likeness (QED) is 0.779. The van der Waals surface area contributed by atoms with Gasteiger partial charge in [-0.2, -0.15) is 0 Å². The summed E-state index contributed by atoms with van der Waals surface area (Å²) in [6, 6.07) is 18.4. The van der Waals surface area contributed by atoms with Crippen molar-refractivity contribution in [3.05, 3.63) is 66.4 Å². The first-order valence-electron chi connectivity index (χ1n) is 8.26. The second kappa shape index (κ2) is 6.49. The first kappa shape index (κ1) is 15.0. The Labute approximate surface area is 141 Å². The number of nitrogens with zero attached hydrogens (tertiary/aromatic N) is 1. The molecule has 1 saturated carbocycles. The molecule has 3 aromatic rings. The van der Waals surface area contributed by atoms with E-state index in [4.69, 9.17) is 15.2 Å². The molecule has 2 N–H and O–H groups in total. The summed E-state index contributed by atoms with van der Waals surface area (Å²) in [6.07, 6.45) is 3.87. The van der Waals surface area contributed by atoms with Crippen molar-refractivity contribution in [1.29, 1.82) is 0 Å². The van der Waals surface area contributed by atoms with Gasteiger partial charge in [-0.05, 0) is 48.1 Å². The number of aromatic nitrogens is 1. The van der Waals surface area contributed by atoms with Crippen molar-refractivity contribution in [2.45, 2.75) is 31.6 Å². The molecule has 24 heavy (non-hydrogen) atoms. The zero-order chi connectivity index (χ0) is 16.4. The maximum atomic E-state index is 5.96. The Kier molecular flexibility index (Phi) is 4.05. The topological polar surface area (TPSA) is 57.4 Å². The number of fused-ring (bicyclic) bond motifs is 1. The largest absolute Gasteiger partial charge is 0.490 e. The van der Waals surface area contributed by atoms with Crippen molar-refractivity contribution in [2.24, 2.45) is 5.73 Å². The minimum Gasteiger partial charge on any atom is -0.490 e. The Morgan fingerprint density at radius 2 is 1.88 bits per heavy atom. The van der Waals surface area contributed by atoms with Crippen molar-refractivity contribution in [1.82, 2.24) is 4.98 Å². The molecule has 0 unspecified atom stereocenters. The van der Waals surface area contributed by atoms with Crippen LogP contribution in [-0.4, -0.2) is 17.1 Å². The van der Waals surface area contributed by atoms with Gasteiger partial charge in [-0.25, -0.2) is 4.98 Å². The van der Waals surface area contributed by atoms with Crippen LogP contribution in [0.3, 0.4) is 0 Å². The van der Waals surface area contributed by atoms with Crippen LogP contribution in [0.15, 0.2) is 60.8 Å². The molecule has 4 rings (SSSR count). The van der Waals surface area contributed by atoms with Gasteiger partial charge in [0.25, 0.3) is 0 Å². The van der Waals surface area contributed by atoms with E-state index in [1.807, 2.05) is 54.6 Å². The molecule has 0 bridgehead atoms. The third kappa shape index (κ3) is 3.19. The summed E-state index contributed by atoms with van der Waals surface area (Å²) < 4.78 is 11.9. The molecule has 4 nitrogen and oxygen atoms in total. The molecule has 1 heterocycles. The van der Waals surface area contributed by atoms with Crippen molar-refractivity contribution in [3.63, 3.8) is 0 Å². The van der Waals surface area contributed by atoms with E-state index in [1.165, 1.54) is 0 Å². The molecule has 1 aliphatic carbocycles. The lowest BCUT2D eigenvalue weighted by atomic mass is 9.90. The molecule has 0 amide bonds. The van der Waals surface area contributed by atoms with Gasteiger partial charge in [-0.3, -0.25) is 0 Å². The van der Waals surface area contributed by atoms with Crippen LogP contribution in [0.4, 0.5) is 0 Å². The molecular formula is C20H20N2O2. The van der Waals surface area contributed by atoms with Gasteiger partial charge in [-0.1, -0.05) is 30.3 Å². The second-order valence-corrected chi connectivity index (χ2v) is 6.24. The van der Waals surface area contributed by atoms with E-state index in [0.717, 1.165) is 34.9 Å². The van der Waals surface area contributed by atoms with Gasteiger partial charge < -0.3 is 15.2 Å². The third-order valence-electron chi connectivity index (χ3n) is 4.35. The predicted molar refractivity (Wildman–Crippen MR) is 94.1 cm³/mol. The molecule has 2 aromatic carbocycles. The van der Waals surface area contributed by atoms with Crippen LogP contribution >= 0.6 is 0 Å². The Bertz CT molecular complexity index is 829. The minimum absolute atomic E-state index is 0.244. The Hall–Kier alpha value is -2.59. The Balaban J connectivity index is 1.51. The number of hydrogen-bond acceptors (Lipinski definition) is 4. The van der Waals surface area contributed by atoms with Gasteiger partial charge in [0, 0.05) is 17.6 Å². The molecule has 0 spiro atoms. The second-order valence-electron chi connectivity index (χ2n) is 6.24. The maximum Gasteiger partial charge on any atom is 0.221 e. The molecule has 122 valence electrons. The number of ether oxygens (including phenoxy) is 2. The molecule has 0 saturated heterocycles. The summed E-state index contributed by atoms with van der Waals surface area (Å²) in [6.45, 7) is 0.505. The van der Waals surface area contributed by atoms with Gasteiger partial charge in [0.15, 0.2) is 0 Å². The molecule has 4 heteroatoms. The highest BCUT2D eigenvalue weighted by atomic mass is 16.5. The number of nitrogens with two attached hydrogens (primary N) is 1. The smallest absolute Gasteiger partial charge is 0.221 e. The molecule has 1 aromatic heterocycles. The Morgan fingerprint density at radius 3 is 2.67 bits per heavy atom. The SMILES string of the molecule is NC1CC(Oc2ccc3c(OCc4ccccc4)nccc3c2)C1. The summed E-state index contributed by atoms with van der Waals surface area (Å²) >= 11 is 0. The van der Waals surface area contributed by atoms with Gasteiger partial charge >= 0.3 is 0 Å². The lowest BCUT2D eigenvalue weighted by molar-refractivity contribution is 0.101. The lowest BCUT2D eigenvalue weighted by Gasteiger charge is -2.32. The van der Waals surface area contributed by atoms with Gasteiger partial charge in [0.1, 0.15) is 18.5 Å². The van der Waals surface area contributed by atoms with Crippen molar-refractivity contribution in [2.75, 3.05) is 0 Å². The molecule has 0 radical (unpaired) electrons. The number of pyridine rings is 1. The fourth-order valence-corrected chi connectivity index (χ4v) is 2.94. The molecule has 1 fully saturated rings. The van der Waals surface area contributed by atoms with Crippen LogP contribution in [0.2, 0.25) is 0 Å². The van der Waals surface area contributed by atoms with E-state index in [9.17, 15) is 0 Å². The van der Waals surface area contributed by atoms with Crippen LogP contribution in [0.1, 0.15) is 18.4 Å². The van der Waals surface area contributed by atoms with Crippen LogP contribution in [0.25, 0.3) is 10.8 Å². The van der Waals surface area contributed by atoms with Crippen molar-refractivity contribution < 1.29 is 9.47 Å². The monoisotopic (exact) mass is 320 g/mol. The molecular weight excluding hydrogens is 300 g/mol. The summed E-state index contributed by atoms with van der Waals surface area (Å²) in [4.78, 5) is 4.37. The Morgan fingerprint density at radius 1 is 1.04 bits per heavy atom. The van der Waals surface area contributed by atoms with E-state index >= 15 is 0 Å². The van der Waals surface area contributed by atoms with Crippen LogP contribution in [0, 0.1) is 0 Å². The van der Waals surface area contributed by atoms with E-state index in [-0.39, 0.29) is 12.1 Å². The van der Waals surface area contributed by atoms with Crippen LogP contribution < -0.4 is 15.2 Å². The molecule has 0 atom stereocenters. The highest BCUT2D eigenvalue weighted by Gasteiger charge is 2.27. The van der Waals surface area contributed by atoms with Crippen LogP contribution in [-0.2, 0) is 6.61 Å². The first-order chi connectivity index (χ1) is 11.8. The van der Waals surface area contributed by atoms with Crippen molar-refractivity contribution in [3.8, 4) is 11.6 Å². The average Bonchev–Trinajstić information content (AvgIpc) is 2.59. The zero-order valence-corrected chi connectivity index (χ0v) is 13.4. The number of hydrogen-bond donors (Lipinski definition) is 1. The van der Waals surface area contributed by atoms with E-state index < -0.39 is 0 Å². The van der Waals surface area contributed by atoms with Gasteiger partial charge in [0.2, 0.25) is 5.88 Å². The van der Waals surface area contributed by atoms with E-state index in [2.05, 4.69) is 4.98 Å². The van der Waals surface area contributed by atoms with Gasteiger partial charge in [0.05, 0.1) is 0 Å². The fourth-order valence-electron chi connectivity index (χ4n) is 2.94. The molecule has 0 aliphatic heterocycles. The van der Waals surface area contributed by atoms with E-state index in [0.29, 0.717) is 12.5 Å². The minimum atomic E-state index is 0.244. The number of rotatable bonds is 5. The van der Waals surface area contributed by atoms with Gasteiger partial charge in [-0.15, -0.1) is 0 Å². The average molecular weight is 320 g/mol. The third-order valence-corrected chi connectivity index (χ3v) is 4.35. The molecule has 1 aliphatic rings. The van der Waals surface area contributed by atoms with E-state index in [1.54, 1.807) is 6.20 Å². The lowest BCUT2D eigenvalue weighted by Crippen LogP contribution is -2.43. The fraction of sp³-hybridized carbons (Fsp3) is 0.250.